The second kappa shape index (κ2) is 5.93. The van der Waals surface area contributed by atoms with Crippen LogP contribution in [0.3, 0.4) is 0 Å². The molecular formula is C16H15FOS. The lowest BCUT2D eigenvalue weighted by Crippen LogP contribution is -1.92. The number of hydrogen-bond acceptors (Lipinski definition) is 1. The van der Waals surface area contributed by atoms with E-state index in [2.05, 4.69) is 0 Å². The molecule has 1 atom stereocenters. The van der Waals surface area contributed by atoms with Crippen molar-refractivity contribution in [2.24, 2.45) is 0 Å². The zero-order valence-corrected chi connectivity index (χ0v) is 11.7. The van der Waals surface area contributed by atoms with Crippen molar-refractivity contribution in [3.05, 3.63) is 70.4 Å². The minimum absolute atomic E-state index is 0.480. The monoisotopic (exact) mass is 274 g/mol. The predicted octanol–water partition coefficient (Wildman–Crippen LogP) is 4.38. The summed E-state index contributed by atoms with van der Waals surface area (Å²) in [6, 6.07) is 14.5. The number of halogens is 1. The van der Waals surface area contributed by atoms with Gasteiger partial charge in [-0.15, -0.1) is 0 Å². The van der Waals surface area contributed by atoms with Gasteiger partial charge >= 0.3 is 0 Å². The highest BCUT2D eigenvalue weighted by Crippen LogP contribution is 2.20. The third kappa shape index (κ3) is 3.38. The van der Waals surface area contributed by atoms with Gasteiger partial charge in [0, 0.05) is 4.90 Å². The average Bonchev–Trinajstić information content (AvgIpc) is 2.41. The number of rotatable bonds is 3. The maximum atomic E-state index is 14.0. The first kappa shape index (κ1) is 13.7. The van der Waals surface area contributed by atoms with Crippen LogP contribution in [0.5, 0.6) is 0 Å². The number of benzene rings is 2. The van der Waals surface area contributed by atoms with Gasteiger partial charge in [-0.05, 0) is 43.2 Å². The topological polar surface area (TPSA) is 17.1 Å². The molecule has 98 valence electrons. The Morgan fingerprint density at radius 2 is 1.68 bits per heavy atom. The molecule has 0 saturated heterocycles. The van der Waals surface area contributed by atoms with Crippen molar-refractivity contribution in [2.75, 3.05) is 0 Å². The highest BCUT2D eigenvalue weighted by molar-refractivity contribution is 7.89. The van der Waals surface area contributed by atoms with E-state index < -0.39 is 16.0 Å². The molecule has 0 aliphatic carbocycles. The lowest BCUT2D eigenvalue weighted by atomic mass is 10.1. The van der Waals surface area contributed by atoms with Gasteiger partial charge in [-0.1, -0.05) is 42.0 Å². The molecule has 2 rings (SSSR count). The zero-order chi connectivity index (χ0) is 13.8. The highest BCUT2D eigenvalue weighted by atomic mass is 32.2. The lowest BCUT2D eigenvalue weighted by Gasteiger charge is -2.02. The van der Waals surface area contributed by atoms with E-state index in [1.807, 2.05) is 44.2 Å². The van der Waals surface area contributed by atoms with Gasteiger partial charge in [0.05, 0.1) is 0 Å². The molecule has 0 N–H and O–H groups in total. The van der Waals surface area contributed by atoms with Crippen LogP contribution in [0.15, 0.2) is 58.6 Å². The smallest absolute Gasteiger partial charge is 0.192 e. The first-order chi connectivity index (χ1) is 9.08. The minimum Gasteiger partial charge on any atom is -0.247 e. The molecule has 0 amide bonds. The third-order valence-electron chi connectivity index (χ3n) is 2.87. The van der Waals surface area contributed by atoms with Gasteiger partial charge in [0.2, 0.25) is 0 Å². The molecule has 1 nitrogen and oxygen atoms in total. The first-order valence-corrected chi connectivity index (χ1v) is 7.14. The van der Waals surface area contributed by atoms with E-state index in [-0.39, 0.29) is 0 Å². The molecule has 0 spiro atoms. The zero-order valence-electron chi connectivity index (χ0n) is 10.9. The van der Waals surface area contributed by atoms with Gasteiger partial charge in [-0.25, -0.2) is 4.21 Å². The standard InChI is InChI=1S/C16H15FOS/c1-12-7-9-15(10-8-12)19(18)16(17)11-14-6-4-3-5-13(14)2/h3-11H,1-2H3. The van der Waals surface area contributed by atoms with Crippen molar-refractivity contribution >= 4 is 16.9 Å². The summed E-state index contributed by atoms with van der Waals surface area (Å²) in [5.41, 5.74) is 2.77. The van der Waals surface area contributed by atoms with Crippen LogP contribution in [-0.2, 0) is 10.8 Å². The average molecular weight is 274 g/mol. The summed E-state index contributed by atoms with van der Waals surface area (Å²) in [7, 11) is -1.75. The van der Waals surface area contributed by atoms with Gasteiger partial charge in [0.25, 0.3) is 0 Å². The normalized spacial score (nSPS) is 13.3. The Hall–Kier alpha value is -1.74. The van der Waals surface area contributed by atoms with E-state index >= 15 is 0 Å². The van der Waals surface area contributed by atoms with Crippen molar-refractivity contribution in [3.8, 4) is 0 Å². The third-order valence-corrected chi connectivity index (χ3v) is 4.04. The second-order valence-corrected chi connectivity index (χ2v) is 5.79. The molecule has 19 heavy (non-hydrogen) atoms. The van der Waals surface area contributed by atoms with Crippen molar-refractivity contribution in [2.45, 2.75) is 18.7 Å². The number of aryl methyl sites for hydroxylation is 2. The Bertz CT molecular complexity index is 629. The van der Waals surface area contributed by atoms with E-state index in [1.54, 1.807) is 18.2 Å². The van der Waals surface area contributed by atoms with Crippen molar-refractivity contribution < 1.29 is 8.60 Å². The maximum Gasteiger partial charge on any atom is 0.192 e. The molecule has 0 bridgehead atoms. The Morgan fingerprint density at radius 3 is 2.32 bits per heavy atom. The van der Waals surface area contributed by atoms with Crippen LogP contribution in [0.25, 0.3) is 6.08 Å². The van der Waals surface area contributed by atoms with Gasteiger partial charge in [-0.3, -0.25) is 0 Å². The summed E-state index contributed by atoms with van der Waals surface area (Å²) in [6.07, 6.45) is 1.34. The highest BCUT2D eigenvalue weighted by Gasteiger charge is 2.10. The van der Waals surface area contributed by atoms with Gasteiger partial charge in [-0.2, -0.15) is 4.39 Å². The van der Waals surface area contributed by atoms with Crippen LogP contribution in [0.2, 0.25) is 0 Å². The molecule has 0 aliphatic heterocycles. The summed E-state index contributed by atoms with van der Waals surface area (Å²) in [5, 5.41) is -0.627. The molecule has 0 aromatic heterocycles. The molecule has 0 radical (unpaired) electrons. The van der Waals surface area contributed by atoms with Crippen molar-refractivity contribution in [1.29, 1.82) is 0 Å². The molecule has 1 unspecified atom stereocenters. The molecule has 3 heteroatoms. The van der Waals surface area contributed by atoms with Crippen LogP contribution in [0, 0.1) is 13.8 Å². The molecular weight excluding hydrogens is 259 g/mol. The van der Waals surface area contributed by atoms with Gasteiger partial charge in [0.1, 0.15) is 10.8 Å². The molecule has 0 fully saturated rings. The van der Waals surface area contributed by atoms with Gasteiger partial charge < -0.3 is 0 Å². The summed E-state index contributed by atoms with van der Waals surface area (Å²) >= 11 is 0. The minimum atomic E-state index is -1.75. The van der Waals surface area contributed by atoms with Crippen molar-refractivity contribution in [3.63, 3.8) is 0 Å². The Balaban J connectivity index is 2.29. The Kier molecular flexibility index (Phi) is 4.27. The molecule has 0 aliphatic rings. The molecule has 2 aromatic carbocycles. The fourth-order valence-electron chi connectivity index (χ4n) is 1.70. The molecule has 0 saturated carbocycles. The van der Waals surface area contributed by atoms with Crippen LogP contribution >= 0.6 is 0 Å². The second-order valence-electron chi connectivity index (χ2n) is 4.39. The Labute approximate surface area is 115 Å². The summed E-state index contributed by atoms with van der Waals surface area (Å²) in [4.78, 5) is 0.480. The first-order valence-electron chi connectivity index (χ1n) is 5.99. The van der Waals surface area contributed by atoms with Crippen LogP contribution in [0.4, 0.5) is 4.39 Å². The maximum absolute atomic E-state index is 14.0. The van der Waals surface area contributed by atoms with Crippen LogP contribution in [0.1, 0.15) is 16.7 Å². The van der Waals surface area contributed by atoms with Crippen LogP contribution < -0.4 is 0 Å². The van der Waals surface area contributed by atoms with E-state index in [9.17, 15) is 8.60 Å². The quantitative estimate of drug-likeness (QED) is 0.811. The van der Waals surface area contributed by atoms with E-state index in [0.29, 0.717) is 4.90 Å². The summed E-state index contributed by atoms with van der Waals surface area (Å²) < 4.78 is 26.0. The number of hydrogen-bond donors (Lipinski definition) is 0. The van der Waals surface area contributed by atoms with E-state index in [0.717, 1.165) is 16.7 Å². The molecule has 0 heterocycles. The van der Waals surface area contributed by atoms with Crippen LogP contribution in [-0.4, -0.2) is 4.21 Å². The summed E-state index contributed by atoms with van der Waals surface area (Å²) in [6.45, 7) is 3.83. The SMILES string of the molecule is Cc1ccc(S(=O)C(F)=Cc2ccccc2C)cc1. The fraction of sp³-hybridized carbons (Fsp3) is 0.125. The Morgan fingerprint density at radius 1 is 1.05 bits per heavy atom. The predicted molar refractivity (Wildman–Crippen MR) is 77.9 cm³/mol. The summed E-state index contributed by atoms with van der Waals surface area (Å²) in [5.74, 6) is 0. The largest absolute Gasteiger partial charge is 0.247 e. The lowest BCUT2D eigenvalue weighted by molar-refractivity contribution is 0.653. The fourth-order valence-corrected chi connectivity index (χ4v) is 2.54. The van der Waals surface area contributed by atoms with Crippen molar-refractivity contribution in [1.82, 2.24) is 0 Å². The molecule has 2 aromatic rings. The van der Waals surface area contributed by atoms with Gasteiger partial charge in [0.15, 0.2) is 5.16 Å². The van der Waals surface area contributed by atoms with E-state index in [4.69, 9.17) is 0 Å². The van der Waals surface area contributed by atoms with E-state index in [1.165, 1.54) is 6.08 Å².